The summed E-state index contributed by atoms with van der Waals surface area (Å²) in [5, 5.41) is 13.1. The molecule has 240 valence electrons. The van der Waals surface area contributed by atoms with Crippen molar-refractivity contribution in [2.45, 2.75) is 84.1 Å². The number of nitrogens with two attached hydrogens (primary N) is 1. The fourth-order valence-corrected chi connectivity index (χ4v) is 5.04. The van der Waals surface area contributed by atoms with E-state index in [1.807, 2.05) is 24.3 Å². The molecular formula is C32H54N8O3. The Hall–Kier alpha value is -3.02. The number of nitrogens with one attached hydrogen (secondary N) is 4. The van der Waals surface area contributed by atoms with Crippen LogP contribution in [0.15, 0.2) is 24.3 Å². The minimum Gasteiger partial charge on any atom is -0.378 e. The van der Waals surface area contributed by atoms with Crippen LogP contribution in [0, 0.1) is 5.92 Å². The van der Waals surface area contributed by atoms with Crippen molar-refractivity contribution in [3.63, 3.8) is 0 Å². The lowest BCUT2D eigenvalue weighted by Gasteiger charge is -2.21. The number of anilines is 3. The molecule has 0 radical (unpaired) electrons. The summed E-state index contributed by atoms with van der Waals surface area (Å²) in [6.07, 6.45) is 13.9. The number of nitrogens with zero attached hydrogens (tertiary/aromatic N) is 3. The summed E-state index contributed by atoms with van der Waals surface area (Å²) in [5.41, 5.74) is 7.00. The normalized spacial score (nSPS) is 13.5. The first-order valence-corrected chi connectivity index (χ1v) is 16.4. The SMILES string of the molecule is CCCCCCCCNc1nc(NCc2ccc(C(=O)NCCOCCOCCN)cc2)nc(NCC2CCCCC2)n1. The summed E-state index contributed by atoms with van der Waals surface area (Å²) in [6.45, 7) is 7.38. The summed E-state index contributed by atoms with van der Waals surface area (Å²) in [7, 11) is 0. The van der Waals surface area contributed by atoms with E-state index in [0.717, 1.165) is 25.1 Å². The van der Waals surface area contributed by atoms with Gasteiger partial charge in [0.25, 0.3) is 5.91 Å². The molecule has 11 heteroatoms. The Labute approximate surface area is 257 Å². The van der Waals surface area contributed by atoms with Gasteiger partial charge in [-0.05, 0) is 42.9 Å². The second-order valence-corrected chi connectivity index (χ2v) is 11.2. The maximum atomic E-state index is 12.5. The number of carbonyl (C=O) groups excluding carboxylic acids is 1. The highest BCUT2D eigenvalue weighted by Crippen LogP contribution is 2.24. The van der Waals surface area contributed by atoms with Crippen molar-refractivity contribution in [1.82, 2.24) is 20.3 Å². The maximum Gasteiger partial charge on any atom is 0.251 e. The van der Waals surface area contributed by atoms with Gasteiger partial charge in [0.15, 0.2) is 0 Å². The molecular weight excluding hydrogens is 544 g/mol. The number of aromatic nitrogens is 3. The Morgan fingerprint density at radius 3 is 2.16 bits per heavy atom. The van der Waals surface area contributed by atoms with Crippen molar-refractivity contribution in [1.29, 1.82) is 0 Å². The van der Waals surface area contributed by atoms with E-state index in [1.165, 1.54) is 64.2 Å². The number of benzene rings is 1. The van der Waals surface area contributed by atoms with Crippen molar-refractivity contribution in [3.05, 3.63) is 35.4 Å². The molecule has 6 N–H and O–H groups in total. The number of rotatable bonds is 23. The third kappa shape index (κ3) is 14.8. The molecule has 1 aliphatic carbocycles. The third-order valence-electron chi connectivity index (χ3n) is 7.56. The van der Waals surface area contributed by atoms with E-state index in [4.69, 9.17) is 15.2 Å². The molecule has 1 aromatic heterocycles. The van der Waals surface area contributed by atoms with E-state index in [0.29, 0.717) is 75.4 Å². The van der Waals surface area contributed by atoms with Crippen LogP contribution in [0.2, 0.25) is 0 Å². The molecule has 0 spiro atoms. The van der Waals surface area contributed by atoms with Crippen LogP contribution in [-0.4, -0.2) is 73.5 Å². The summed E-state index contributed by atoms with van der Waals surface area (Å²) in [5.74, 6) is 2.27. The van der Waals surface area contributed by atoms with E-state index in [-0.39, 0.29) is 5.91 Å². The molecule has 0 aliphatic heterocycles. The van der Waals surface area contributed by atoms with Gasteiger partial charge in [0.1, 0.15) is 0 Å². The smallest absolute Gasteiger partial charge is 0.251 e. The van der Waals surface area contributed by atoms with Gasteiger partial charge in [-0.15, -0.1) is 0 Å². The zero-order valence-corrected chi connectivity index (χ0v) is 26.2. The van der Waals surface area contributed by atoms with E-state index in [9.17, 15) is 4.79 Å². The fourth-order valence-electron chi connectivity index (χ4n) is 5.04. The molecule has 1 fully saturated rings. The molecule has 1 aromatic carbocycles. The molecule has 2 aromatic rings. The minimum absolute atomic E-state index is 0.130. The zero-order chi connectivity index (χ0) is 30.4. The van der Waals surface area contributed by atoms with Crippen molar-refractivity contribution < 1.29 is 14.3 Å². The van der Waals surface area contributed by atoms with Gasteiger partial charge in [0.05, 0.1) is 26.4 Å². The van der Waals surface area contributed by atoms with Crippen LogP contribution in [0.25, 0.3) is 0 Å². The zero-order valence-electron chi connectivity index (χ0n) is 26.2. The number of carbonyl (C=O) groups is 1. The number of unbranched alkanes of at least 4 members (excludes halogenated alkanes) is 5. The quantitative estimate of drug-likeness (QED) is 0.111. The van der Waals surface area contributed by atoms with Crippen molar-refractivity contribution in [2.24, 2.45) is 11.7 Å². The first-order valence-electron chi connectivity index (χ1n) is 16.4. The average molecular weight is 599 g/mol. The van der Waals surface area contributed by atoms with Gasteiger partial charge >= 0.3 is 0 Å². The highest BCUT2D eigenvalue weighted by Gasteiger charge is 2.14. The first kappa shape index (κ1) is 34.5. The summed E-state index contributed by atoms with van der Waals surface area (Å²) in [6, 6.07) is 7.53. The van der Waals surface area contributed by atoms with Crippen LogP contribution in [-0.2, 0) is 16.0 Å². The molecule has 1 amide bonds. The molecule has 11 nitrogen and oxygen atoms in total. The maximum absolute atomic E-state index is 12.5. The topological polar surface area (TPSA) is 148 Å². The summed E-state index contributed by atoms with van der Waals surface area (Å²) >= 11 is 0. The molecule has 0 saturated heterocycles. The lowest BCUT2D eigenvalue weighted by Crippen LogP contribution is -2.27. The van der Waals surface area contributed by atoms with Gasteiger partial charge in [-0.2, -0.15) is 15.0 Å². The van der Waals surface area contributed by atoms with Gasteiger partial charge in [0, 0.05) is 38.3 Å². The molecule has 1 aliphatic rings. The van der Waals surface area contributed by atoms with Crippen molar-refractivity contribution in [3.8, 4) is 0 Å². The second kappa shape index (κ2) is 21.6. The van der Waals surface area contributed by atoms with Crippen LogP contribution in [0.5, 0.6) is 0 Å². The van der Waals surface area contributed by atoms with Gasteiger partial charge < -0.3 is 36.5 Å². The molecule has 0 unspecified atom stereocenters. The molecule has 3 rings (SSSR count). The Balaban J connectivity index is 1.47. The van der Waals surface area contributed by atoms with Crippen LogP contribution in [0.4, 0.5) is 17.8 Å². The lowest BCUT2D eigenvalue weighted by molar-refractivity contribution is 0.0511. The van der Waals surface area contributed by atoms with Gasteiger partial charge in [-0.25, -0.2) is 0 Å². The van der Waals surface area contributed by atoms with Gasteiger partial charge in [0.2, 0.25) is 17.8 Å². The first-order chi connectivity index (χ1) is 21.2. The van der Waals surface area contributed by atoms with Gasteiger partial charge in [-0.1, -0.05) is 70.4 Å². The highest BCUT2D eigenvalue weighted by molar-refractivity contribution is 5.94. The van der Waals surface area contributed by atoms with E-state index >= 15 is 0 Å². The largest absolute Gasteiger partial charge is 0.378 e. The number of hydrogen-bond acceptors (Lipinski definition) is 10. The van der Waals surface area contributed by atoms with E-state index in [1.54, 1.807) is 0 Å². The highest BCUT2D eigenvalue weighted by atomic mass is 16.5. The minimum atomic E-state index is -0.130. The molecule has 43 heavy (non-hydrogen) atoms. The Morgan fingerprint density at radius 2 is 1.44 bits per heavy atom. The lowest BCUT2D eigenvalue weighted by atomic mass is 9.89. The fraction of sp³-hybridized carbons (Fsp3) is 0.688. The monoisotopic (exact) mass is 598 g/mol. The van der Waals surface area contributed by atoms with Crippen molar-refractivity contribution >= 4 is 23.8 Å². The van der Waals surface area contributed by atoms with Gasteiger partial charge in [-0.3, -0.25) is 4.79 Å². The summed E-state index contributed by atoms with van der Waals surface area (Å²) < 4.78 is 10.7. The molecule has 1 heterocycles. The number of hydrogen-bond donors (Lipinski definition) is 5. The van der Waals surface area contributed by atoms with E-state index < -0.39 is 0 Å². The van der Waals surface area contributed by atoms with Crippen LogP contribution in [0.3, 0.4) is 0 Å². The number of ether oxygens (including phenoxy) is 2. The van der Waals surface area contributed by atoms with Crippen molar-refractivity contribution in [2.75, 3.05) is 68.6 Å². The molecule has 0 atom stereocenters. The summed E-state index contributed by atoms with van der Waals surface area (Å²) in [4.78, 5) is 26.4. The standard InChI is InChI=1S/C32H54N8O3/c1-2-3-4-5-6-10-18-35-30-38-31(36-24-26-11-8-7-9-12-26)40-32(39-30)37-25-27-13-15-28(16-14-27)29(41)34-19-21-43-23-22-42-20-17-33/h13-16,26H,2-12,17-25,33H2,1H3,(H,34,41)(H3,35,36,37,38,39,40). The third-order valence-corrected chi connectivity index (χ3v) is 7.56. The molecule has 0 bridgehead atoms. The van der Waals surface area contributed by atoms with Crippen LogP contribution < -0.4 is 27.0 Å². The average Bonchev–Trinajstić information content (AvgIpc) is 3.04. The Bertz CT molecular complexity index is 1020. The Morgan fingerprint density at radius 1 is 0.791 bits per heavy atom. The predicted octanol–water partition coefficient (Wildman–Crippen LogP) is 4.97. The number of amides is 1. The predicted molar refractivity (Wildman–Crippen MR) is 174 cm³/mol. The van der Waals surface area contributed by atoms with E-state index in [2.05, 4.69) is 43.1 Å². The second-order valence-electron chi connectivity index (χ2n) is 11.2. The molecule has 1 saturated carbocycles. The van der Waals surface area contributed by atoms with Crippen LogP contribution >= 0.6 is 0 Å². The van der Waals surface area contributed by atoms with Crippen LogP contribution in [0.1, 0.15) is 93.5 Å². The Kier molecular flexibility index (Phi) is 17.3.